The molecule has 0 radical (unpaired) electrons. The molecule has 2 rings (SSSR count). The van der Waals surface area contributed by atoms with Gasteiger partial charge in [0, 0.05) is 12.1 Å². The van der Waals surface area contributed by atoms with Gasteiger partial charge in [-0.15, -0.1) is 0 Å². The summed E-state index contributed by atoms with van der Waals surface area (Å²) in [6.45, 7) is 4.78. The summed E-state index contributed by atoms with van der Waals surface area (Å²) < 4.78 is 1.73. The Morgan fingerprint density at radius 1 is 1.40 bits per heavy atom. The van der Waals surface area contributed by atoms with Crippen molar-refractivity contribution in [2.45, 2.75) is 20.4 Å². The Bertz CT molecular complexity index is 474. The van der Waals surface area contributed by atoms with Crippen molar-refractivity contribution in [3.8, 4) is 17.0 Å². The normalized spacial score (nSPS) is 10.5. The lowest BCUT2D eigenvalue weighted by Gasteiger charge is -1.99. The number of nitrogens with zero attached hydrogens (tertiary/aromatic N) is 2. The Kier molecular flexibility index (Phi) is 2.46. The van der Waals surface area contributed by atoms with Gasteiger partial charge in [0.25, 0.3) is 0 Å². The van der Waals surface area contributed by atoms with Crippen LogP contribution in [-0.4, -0.2) is 14.9 Å². The van der Waals surface area contributed by atoms with Crippen LogP contribution in [-0.2, 0) is 6.54 Å². The lowest BCUT2D eigenvalue weighted by Crippen LogP contribution is -1.93. The molecular formula is C12H14N2O. The van der Waals surface area contributed by atoms with E-state index in [0.717, 1.165) is 17.7 Å². The minimum atomic E-state index is 0.238. The van der Waals surface area contributed by atoms with E-state index in [1.807, 2.05) is 38.1 Å². The first-order valence-corrected chi connectivity index (χ1v) is 5.04. The smallest absolute Gasteiger partial charge is 0.161 e. The summed E-state index contributed by atoms with van der Waals surface area (Å²) in [6.07, 6.45) is 1.65. The topological polar surface area (TPSA) is 38.0 Å². The summed E-state index contributed by atoms with van der Waals surface area (Å²) in [6, 6.07) is 7.96. The average Bonchev–Trinajstić information content (AvgIpc) is 2.60. The molecule has 0 atom stereocenters. The summed E-state index contributed by atoms with van der Waals surface area (Å²) >= 11 is 0. The van der Waals surface area contributed by atoms with Crippen LogP contribution in [0.4, 0.5) is 0 Å². The molecule has 0 spiro atoms. The number of rotatable bonds is 2. The van der Waals surface area contributed by atoms with Gasteiger partial charge in [-0.25, -0.2) is 0 Å². The number of aromatic hydroxyl groups is 1. The molecule has 1 aromatic heterocycles. The highest BCUT2D eigenvalue weighted by atomic mass is 16.3. The van der Waals surface area contributed by atoms with Crippen molar-refractivity contribution in [2.24, 2.45) is 0 Å². The molecule has 1 N–H and O–H groups in total. The molecule has 15 heavy (non-hydrogen) atoms. The quantitative estimate of drug-likeness (QED) is 0.812. The second kappa shape index (κ2) is 3.77. The fourth-order valence-electron chi connectivity index (χ4n) is 1.57. The number of benzene rings is 1. The number of aryl methyl sites for hydroxylation is 2. The van der Waals surface area contributed by atoms with E-state index in [4.69, 9.17) is 0 Å². The van der Waals surface area contributed by atoms with Crippen LogP contribution >= 0.6 is 0 Å². The molecule has 2 aromatic rings. The van der Waals surface area contributed by atoms with Gasteiger partial charge in [0.2, 0.25) is 0 Å². The molecule has 0 amide bonds. The van der Waals surface area contributed by atoms with E-state index in [1.54, 1.807) is 10.9 Å². The zero-order chi connectivity index (χ0) is 10.8. The van der Waals surface area contributed by atoms with Crippen LogP contribution in [0.3, 0.4) is 0 Å². The molecule has 0 bridgehead atoms. The van der Waals surface area contributed by atoms with E-state index >= 15 is 0 Å². The van der Waals surface area contributed by atoms with Crippen molar-refractivity contribution in [3.63, 3.8) is 0 Å². The van der Waals surface area contributed by atoms with Crippen LogP contribution in [0.15, 0.2) is 30.5 Å². The van der Waals surface area contributed by atoms with E-state index in [1.165, 1.54) is 0 Å². The summed E-state index contributed by atoms with van der Waals surface area (Å²) in [7, 11) is 0. The highest BCUT2D eigenvalue weighted by Gasteiger charge is 2.09. The van der Waals surface area contributed by atoms with Crippen molar-refractivity contribution in [3.05, 3.63) is 36.0 Å². The van der Waals surface area contributed by atoms with Crippen molar-refractivity contribution < 1.29 is 5.11 Å². The van der Waals surface area contributed by atoms with Gasteiger partial charge < -0.3 is 5.11 Å². The fraction of sp³-hybridized carbons (Fsp3) is 0.250. The Balaban J connectivity index is 2.48. The average molecular weight is 202 g/mol. The molecule has 3 heteroatoms. The first-order chi connectivity index (χ1) is 7.20. The monoisotopic (exact) mass is 202 g/mol. The largest absolute Gasteiger partial charge is 0.504 e. The number of hydrogen-bond acceptors (Lipinski definition) is 2. The third-order valence-electron chi connectivity index (χ3n) is 2.36. The number of hydrogen-bond donors (Lipinski definition) is 1. The molecule has 0 aliphatic carbocycles. The highest BCUT2D eigenvalue weighted by molar-refractivity contribution is 5.65. The van der Waals surface area contributed by atoms with Crippen molar-refractivity contribution in [1.29, 1.82) is 0 Å². The van der Waals surface area contributed by atoms with Crippen LogP contribution in [0.25, 0.3) is 11.3 Å². The maximum Gasteiger partial charge on any atom is 0.161 e. The fourth-order valence-corrected chi connectivity index (χ4v) is 1.57. The second-order valence-electron chi connectivity index (χ2n) is 3.59. The maximum atomic E-state index is 9.72. The van der Waals surface area contributed by atoms with E-state index in [2.05, 4.69) is 5.10 Å². The predicted molar refractivity (Wildman–Crippen MR) is 59.7 cm³/mol. The first kappa shape index (κ1) is 9.77. The lowest BCUT2D eigenvalue weighted by atomic mass is 10.1. The molecule has 0 aliphatic rings. The summed E-state index contributed by atoms with van der Waals surface area (Å²) in [5, 5.41) is 14.0. The Labute approximate surface area is 89.0 Å². The van der Waals surface area contributed by atoms with Crippen molar-refractivity contribution in [2.75, 3.05) is 0 Å². The van der Waals surface area contributed by atoms with Gasteiger partial charge >= 0.3 is 0 Å². The molecule has 0 saturated heterocycles. The van der Waals surface area contributed by atoms with Crippen LogP contribution < -0.4 is 0 Å². The summed E-state index contributed by atoms with van der Waals surface area (Å²) in [5.74, 6) is 0.238. The van der Waals surface area contributed by atoms with E-state index in [9.17, 15) is 5.11 Å². The standard InChI is InChI=1S/C12H14N2O/c1-3-14-8-11(15)12(13-14)10-6-4-5-9(2)7-10/h4-8,15H,3H2,1-2H3. The van der Waals surface area contributed by atoms with Gasteiger partial charge in [0.1, 0.15) is 5.69 Å². The Morgan fingerprint density at radius 2 is 2.20 bits per heavy atom. The molecule has 0 fully saturated rings. The zero-order valence-corrected chi connectivity index (χ0v) is 8.94. The van der Waals surface area contributed by atoms with E-state index in [-0.39, 0.29) is 5.75 Å². The predicted octanol–water partition coefficient (Wildman–Crippen LogP) is 2.58. The van der Waals surface area contributed by atoms with Gasteiger partial charge in [-0.05, 0) is 19.9 Å². The van der Waals surface area contributed by atoms with Gasteiger partial charge in [-0.1, -0.05) is 23.8 Å². The van der Waals surface area contributed by atoms with Gasteiger partial charge in [-0.3, -0.25) is 4.68 Å². The molecule has 0 saturated carbocycles. The van der Waals surface area contributed by atoms with Gasteiger partial charge in [0.15, 0.2) is 5.75 Å². The van der Waals surface area contributed by atoms with E-state index in [0.29, 0.717) is 5.69 Å². The molecule has 0 unspecified atom stereocenters. The molecule has 3 nitrogen and oxygen atoms in total. The van der Waals surface area contributed by atoms with Crippen LogP contribution in [0.2, 0.25) is 0 Å². The number of aromatic nitrogens is 2. The molecular weight excluding hydrogens is 188 g/mol. The Hall–Kier alpha value is -1.77. The molecule has 1 aromatic carbocycles. The molecule has 78 valence electrons. The van der Waals surface area contributed by atoms with E-state index < -0.39 is 0 Å². The first-order valence-electron chi connectivity index (χ1n) is 5.04. The second-order valence-corrected chi connectivity index (χ2v) is 3.59. The third kappa shape index (κ3) is 1.86. The summed E-state index contributed by atoms with van der Waals surface area (Å²) in [5.41, 5.74) is 2.78. The van der Waals surface area contributed by atoms with Gasteiger partial charge in [0.05, 0.1) is 6.20 Å². The van der Waals surface area contributed by atoms with Crippen molar-refractivity contribution >= 4 is 0 Å². The minimum absolute atomic E-state index is 0.238. The van der Waals surface area contributed by atoms with Crippen LogP contribution in [0.1, 0.15) is 12.5 Å². The minimum Gasteiger partial charge on any atom is -0.504 e. The van der Waals surface area contributed by atoms with Crippen LogP contribution in [0.5, 0.6) is 5.75 Å². The molecule has 0 aliphatic heterocycles. The maximum absolute atomic E-state index is 9.72. The van der Waals surface area contributed by atoms with Crippen LogP contribution in [0, 0.1) is 6.92 Å². The highest BCUT2D eigenvalue weighted by Crippen LogP contribution is 2.27. The van der Waals surface area contributed by atoms with Gasteiger partial charge in [-0.2, -0.15) is 5.10 Å². The SMILES string of the molecule is CCn1cc(O)c(-c2cccc(C)c2)n1. The third-order valence-corrected chi connectivity index (χ3v) is 2.36. The van der Waals surface area contributed by atoms with Crippen molar-refractivity contribution in [1.82, 2.24) is 9.78 Å². The summed E-state index contributed by atoms with van der Waals surface area (Å²) in [4.78, 5) is 0. The Morgan fingerprint density at radius 3 is 2.80 bits per heavy atom. The lowest BCUT2D eigenvalue weighted by molar-refractivity contribution is 0.475. The molecule has 1 heterocycles. The zero-order valence-electron chi connectivity index (χ0n) is 8.94.